The smallest absolute Gasteiger partial charge is 0.0459 e. The van der Waals surface area contributed by atoms with Crippen molar-refractivity contribution >= 4 is 0 Å². The van der Waals surface area contributed by atoms with Crippen molar-refractivity contribution in [3.8, 4) is 0 Å². The highest BCUT2D eigenvalue weighted by Gasteiger charge is 2.35. The van der Waals surface area contributed by atoms with Gasteiger partial charge in [0.15, 0.2) is 0 Å². The van der Waals surface area contributed by atoms with Crippen LogP contribution in [0.4, 0.5) is 0 Å². The topological polar surface area (TPSA) is 23.5 Å². The molecule has 0 spiro atoms. The molecule has 2 rings (SSSR count). The summed E-state index contributed by atoms with van der Waals surface area (Å²) >= 11 is 0. The number of hydrogen-bond acceptors (Lipinski definition) is 2. The summed E-state index contributed by atoms with van der Waals surface area (Å²) in [6.45, 7) is 2.99. The summed E-state index contributed by atoms with van der Waals surface area (Å²) in [7, 11) is 2.22. The van der Waals surface area contributed by atoms with Gasteiger partial charge >= 0.3 is 0 Å². The molecule has 1 aliphatic carbocycles. The van der Waals surface area contributed by atoms with Crippen LogP contribution in [0.1, 0.15) is 25.7 Å². The molecule has 0 aromatic carbocycles. The van der Waals surface area contributed by atoms with Crippen molar-refractivity contribution in [3.63, 3.8) is 0 Å². The Balaban J connectivity index is 1.71. The first-order chi connectivity index (χ1) is 6.29. The third-order valence-corrected chi connectivity index (χ3v) is 3.96. The minimum atomic E-state index is 0.420. The summed E-state index contributed by atoms with van der Waals surface area (Å²) < 4.78 is 0. The summed E-state index contributed by atoms with van der Waals surface area (Å²) in [5.74, 6) is 2.56. The number of hydrogen-bond donors (Lipinski definition) is 1. The monoisotopic (exact) mass is 183 g/mol. The fourth-order valence-corrected chi connectivity index (χ4v) is 2.82. The molecule has 0 aromatic heterocycles. The number of nitrogens with zero attached hydrogens (tertiary/aromatic N) is 1. The Bertz CT molecular complexity index is 157. The van der Waals surface area contributed by atoms with E-state index < -0.39 is 0 Å². The number of likely N-dealkylation sites (tertiary alicyclic amines) is 1. The second-order valence-corrected chi connectivity index (χ2v) is 4.92. The van der Waals surface area contributed by atoms with Gasteiger partial charge in [-0.25, -0.2) is 0 Å². The first kappa shape index (κ1) is 9.47. The first-order valence-corrected chi connectivity index (χ1v) is 5.59. The molecule has 0 radical (unpaired) electrons. The lowest BCUT2D eigenvalue weighted by Gasteiger charge is -2.42. The van der Waals surface area contributed by atoms with Crippen LogP contribution in [0.5, 0.6) is 0 Å². The molecule has 1 heterocycles. The van der Waals surface area contributed by atoms with E-state index in [9.17, 15) is 0 Å². The summed E-state index contributed by atoms with van der Waals surface area (Å²) in [6.07, 6.45) is 5.37. The minimum Gasteiger partial charge on any atom is -0.396 e. The highest BCUT2D eigenvalue weighted by Crippen LogP contribution is 2.42. The second kappa shape index (κ2) is 3.97. The van der Waals surface area contributed by atoms with Crippen molar-refractivity contribution in [1.82, 2.24) is 4.90 Å². The zero-order valence-electron chi connectivity index (χ0n) is 8.58. The molecule has 2 aliphatic rings. The maximum Gasteiger partial charge on any atom is 0.0459 e. The zero-order valence-corrected chi connectivity index (χ0v) is 8.58. The Hall–Kier alpha value is -0.0800. The van der Waals surface area contributed by atoms with Gasteiger partial charge in [-0.2, -0.15) is 0 Å². The Morgan fingerprint density at radius 3 is 2.31 bits per heavy atom. The van der Waals surface area contributed by atoms with Crippen LogP contribution in [0.3, 0.4) is 0 Å². The van der Waals surface area contributed by atoms with Gasteiger partial charge in [-0.3, -0.25) is 0 Å². The molecule has 1 N–H and O–H groups in total. The first-order valence-electron chi connectivity index (χ1n) is 5.59. The SMILES string of the molecule is CN1CCC(C2CC(CO)C2)CC1. The van der Waals surface area contributed by atoms with Crippen LogP contribution in [-0.2, 0) is 0 Å². The standard InChI is InChI=1S/C11H21NO/c1-12-4-2-10(3-5-12)11-6-9(7-11)8-13/h9-11,13H,2-8H2,1H3. The summed E-state index contributed by atoms with van der Waals surface area (Å²) in [4.78, 5) is 2.43. The van der Waals surface area contributed by atoms with Gasteiger partial charge in [0.1, 0.15) is 0 Å². The average Bonchev–Trinajstić information content (AvgIpc) is 2.06. The van der Waals surface area contributed by atoms with Crippen LogP contribution in [-0.4, -0.2) is 36.8 Å². The van der Waals surface area contributed by atoms with E-state index in [1.54, 1.807) is 0 Å². The Morgan fingerprint density at radius 2 is 1.77 bits per heavy atom. The molecule has 1 saturated heterocycles. The Morgan fingerprint density at radius 1 is 1.15 bits per heavy atom. The summed E-state index contributed by atoms with van der Waals surface area (Å²) in [5.41, 5.74) is 0. The van der Waals surface area contributed by atoms with Crippen molar-refractivity contribution < 1.29 is 5.11 Å². The van der Waals surface area contributed by atoms with E-state index in [0.29, 0.717) is 12.5 Å². The predicted octanol–water partition coefficient (Wildman–Crippen LogP) is 1.35. The van der Waals surface area contributed by atoms with Crippen LogP contribution in [0.2, 0.25) is 0 Å². The van der Waals surface area contributed by atoms with Gasteiger partial charge in [0.05, 0.1) is 0 Å². The van der Waals surface area contributed by atoms with Gasteiger partial charge in [0, 0.05) is 6.61 Å². The van der Waals surface area contributed by atoms with Gasteiger partial charge in [-0.1, -0.05) is 0 Å². The maximum absolute atomic E-state index is 8.94. The van der Waals surface area contributed by atoms with Crippen molar-refractivity contribution in [1.29, 1.82) is 0 Å². The van der Waals surface area contributed by atoms with Crippen LogP contribution >= 0.6 is 0 Å². The molecule has 2 heteroatoms. The molecule has 0 amide bonds. The third kappa shape index (κ3) is 2.05. The zero-order chi connectivity index (χ0) is 9.26. The van der Waals surface area contributed by atoms with E-state index in [2.05, 4.69) is 11.9 Å². The second-order valence-electron chi connectivity index (χ2n) is 4.92. The fourth-order valence-electron chi connectivity index (χ4n) is 2.82. The molecular formula is C11H21NO. The molecule has 13 heavy (non-hydrogen) atoms. The van der Waals surface area contributed by atoms with E-state index >= 15 is 0 Å². The lowest BCUT2D eigenvalue weighted by Crippen LogP contribution is -2.39. The lowest BCUT2D eigenvalue weighted by molar-refractivity contribution is 0.0438. The Labute approximate surface area is 80.9 Å². The predicted molar refractivity (Wildman–Crippen MR) is 53.5 cm³/mol. The van der Waals surface area contributed by atoms with E-state index in [1.807, 2.05) is 0 Å². The Kier molecular flexibility index (Phi) is 2.89. The molecular weight excluding hydrogens is 162 g/mol. The van der Waals surface area contributed by atoms with Gasteiger partial charge in [-0.05, 0) is 63.6 Å². The molecule has 1 aliphatic heterocycles. The number of aliphatic hydroxyl groups excluding tert-OH is 1. The highest BCUT2D eigenvalue weighted by atomic mass is 16.3. The van der Waals surface area contributed by atoms with Crippen molar-refractivity contribution in [3.05, 3.63) is 0 Å². The van der Waals surface area contributed by atoms with Crippen LogP contribution < -0.4 is 0 Å². The molecule has 1 saturated carbocycles. The van der Waals surface area contributed by atoms with Gasteiger partial charge in [-0.15, -0.1) is 0 Å². The molecule has 0 unspecified atom stereocenters. The molecule has 76 valence electrons. The van der Waals surface area contributed by atoms with Crippen molar-refractivity contribution in [2.75, 3.05) is 26.7 Å². The summed E-state index contributed by atoms with van der Waals surface area (Å²) in [5, 5.41) is 8.94. The average molecular weight is 183 g/mol. The normalized spacial score (nSPS) is 37.4. The van der Waals surface area contributed by atoms with Crippen LogP contribution in [0.25, 0.3) is 0 Å². The van der Waals surface area contributed by atoms with Crippen molar-refractivity contribution in [2.45, 2.75) is 25.7 Å². The van der Waals surface area contributed by atoms with E-state index in [-0.39, 0.29) is 0 Å². The number of aliphatic hydroxyl groups is 1. The molecule has 0 bridgehead atoms. The van der Waals surface area contributed by atoms with Gasteiger partial charge in [0.25, 0.3) is 0 Å². The highest BCUT2D eigenvalue weighted by molar-refractivity contribution is 4.86. The molecule has 0 aromatic rings. The molecule has 0 atom stereocenters. The quantitative estimate of drug-likeness (QED) is 0.698. The number of rotatable bonds is 2. The number of piperidine rings is 1. The van der Waals surface area contributed by atoms with E-state index in [4.69, 9.17) is 5.11 Å². The third-order valence-electron chi connectivity index (χ3n) is 3.96. The van der Waals surface area contributed by atoms with Crippen molar-refractivity contribution in [2.24, 2.45) is 17.8 Å². The maximum atomic E-state index is 8.94. The fraction of sp³-hybridized carbons (Fsp3) is 1.00. The largest absolute Gasteiger partial charge is 0.396 e. The van der Waals surface area contributed by atoms with Crippen LogP contribution in [0, 0.1) is 17.8 Å². The van der Waals surface area contributed by atoms with E-state index in [1.165, 1.54) is 38.8 Å². The molecule has 2 fully saturated rings. The van der Waals surface area contributed by atoms with E-state index in [0.717, 1.165) is 11.8 Å². The summed E-state index contributed by atoms with van der Waals surface area (Å²) in [6, 6.07) is 0. The van der Waals surface area contributed by atoms with Gasteiger partial charge < -0.3 is 10.0 Å². The lowest BCUT2D eigenvalue weighted by atomic mass is 9.66. The minimum absolute atomic E-state index is 0.420. The molecule has 2 nitrogen and oxygen atoms in total. The van der Waals surface area contributed by atoms with Crippen LogP contribution in [0.15, 0.2) is 0 Å². The van der Waals surface area contributed by atoms with Gasteiger partial charge in [0.2, 0.25) is 0 Å².